The highest BCUT2D eigenvalue weighted by Gasteiger charge is 2.22. The molecular formula is C14H20Cl2N2O2S. The van der Waals surface area contributed by atoms with Crippen LogP contribution in [0.3, 0.4) is 0 Å². The maximum absolute atomic E-state index is 12.5. The Labute approximate surface area is 136 Å². The molecule has 2 rings (SSSR count). The van der Waals surface area contributed by atoms with Crippen molar-refractivity contribution in [3.8, 4) is 0 Å². The number of halogens is 2. The van der Waals surface area contributed by atoms with Crippen molar-refractivity contribution in [1.82, 2.24) is 9.21 Å². The van der Waals surface area contributed by atoms with Gasteiger partial charge in [-0.1, -0.05) is 17.7 Å². The number of hydrogen-bond donors (Lipinski definition) is 0. The molecule has 1 fully saturated rings. The highest BCUT2D eigenvalue weighted by atomic mass is 35.5. The summed E-state index contributed by atoms with van der Waals surface area (Å²) in [6, 6.07) is 4.70. The van der Waals surface area contributed by atoms with Crippen molar-refractivity contribution in [3.63, 3.8) is 0 Å². The van der Waals surface area contributed by atoms with Crippen molar-refractivity contribution in [2.75, 3.05) is 33.2 Å². The Kier molecular flexibility index (Phi) is 5.91. The second-order valence-corrected chi connectivity index (χ2v) is 7.98. The minimum atomic E-state index is -3.50. The van der Waals surface area contributed by atoms with Crippen LogP contribution in [0.5, 0.6) is 0 Å². The molecule has 0 amide bonds. The summed E-state index contributed by atoms with van der Waals surface area (Å²) < 4.78 is 26.4. The van der Waals surface area contributed by atoms with E-state index in [2.05, 4.69) is 4.90 Å². The summed E-state index contributed by atoms with van der Waals surface area (Å²) >= 11 is 11.8. The van der Waals surface area contributed by atoms with E-state index in [-0.39, 0.29) is 10.8 Å². The van der Waals surface area contributed by atoms with Gasteiger partial charge in [0.25, 0.3) is 0 Å². The molecular weight excluding hydrogens is 331 g/mol. The molecule has 0 bridgehead atoms. The number of benzene rings is 1. The summed E-state index contributed by atoms with van der Waals surface area (Å²) in [4.78, 5) is 2.50. The van der Waals surface area contributed by atoms with Gasteiger partial charge >= 0.3 is 0 Å². The van der Waals surface area contributed by atoms with E-state index >= 15 is 0 Å². The van der Waals surface area contributed by atoms with Gasteiger partial charge in [-0.3, -0.25) is 0 Å². The summed E-state index contributed by atoms with van der Waals surface area (Å²) in [7, 11) is -1.89. The molecule has 1 aliphatic rings. The molecule has 1 aromatic carbocycles. The summed E-state index contributed by atoms with van der Waals surface area (Å²) in [6.45, 7) is 3.37. The first-order chi connectivity index (χ1) is 9.95. The molecule has 0 unspecified atom stereocenters. The smallest absolute Gasteiger partial charge is 0.242 e. The summed E-state index contributed by atoms with van der Waals surface area (Å²) in [5.41, 5.74) is 0.733. The number of alkyl halides is 1. The zero-order valence-corrected chi connectivity index (χ0v) is 14.4. The highest BCUT2D eigenvalue weighted by Crippen LogP contribution is 2.24. The van der Waals surface area contributed by atoms with Crippen molar-refractivity contribution < 1.29 is 8.42 Å². The molecule has 0 spiro atoms. The Hall–Kier alpha value is -0.330. The predicted octanol–water partition coefficient (Wildman–Crippen LogP) is 2.80. The fraction of sp³-hybridized carbons (Fsp3) is 0.571. The molecule has 0 radical (unpaired) electrons. The van der Waals surface area contributed by atoms with Gasteiger partial charge in [0.15, 0.2) is 0 Å². The number of rotatable bonds is 6. The summed E-state index contributed by atoms with van der Waals surface area (Å²) in [5.74, 6) is 0.268. The van der Waals surface area contributed by atoms with Crippen molar-refractivity contribution in [2.24, 2.45) is 0 Å². The third kappa shape index (κ3) is 4.11. The lowest BCUT2D eigenvalue weighted by atomic mass is 10.2. The van der Waals surface area contributed by atoms with E-state index in [1.165, 1.54) is 23.2 Å². The van der Waals surface area contributed by atoms with Crippen LogP contribution >= 0.6 is 23.2 Å². The first-order valence-electron chi connectivity index (χ1n) is 6.98. The number of hydrogen-bond acceptors (Lipinski definition) is 3. The van der Waals surface area contributed by atoms with Crippen LogP contribution in [0.25, 0.3) is 0 Å². The lowest BCUT2D eigenvalue weighted by Crippen LogP contribution is -2.35. The third-order valence-corrected chi connectivity index (χ3v) is 6.30. The lowest BCUT2D eigenvalue weighted by Gasteiger charge is -2.21. The van der Waals surface area contributed by atoms with E-state index < -0.39 is 10.0 Å². The predicted molar refractivity (Wildman–Crippen MR) is 86.5 cm³/mol. The largest absolute Gasteiger partial charge is 0.302 e. The lowest BCUT2D eigenvalue weighted by molar-refractivity contribution is 0.310. The van der Waals surface area contributed by atoms with Gasteiger partial charge in [0.1, 0.15) is 0 Å². The molecule has 1 heterocycles. The average molecular weight is 351 g/mol. The molecule has 0 aliphatic carbocycles. The number of likely N-dealkylation sites (N-methyl/N-ethyl adjacent to an activating group) is 1. The number of sulfonamides is 1. The summed E-state index contributed by atoms with van der Waals surface area (Å²) in [5, 5.41) is 0.388. The number of likely N-dealkylation sites (tertiary alicyclic amines) is 1. The van der Waals surface area contributed by atoms with Crippen LogP contribution < -0.4 is 0 Å². The highest BCUT2D eigenvalue weighted by molar-refractivity contribution is 7.89. The fourth-order valence-electron chi connectivity index (χ4n) is 2.39. The van der Waals surface area contributed by atoms with Crippen LogP contribution in [0.4, 0.5) is 0 Å². The van der Waals surface area contributed by atoms with Crippen LogP contribution in [0, 0.1) is 0 Å². The topological polar surface area (TPSA) is 40.6 Å². The Morgan fingerprint density at radius 2 is 1.95 bits per heavy atom. The summed E-state index contributed by atoms with van der Waals surface area (Å²) in [6.07, 6.45) is 2.40. The van der Waals surface area contributed by atoms with Crippen LogP contribution in [-0.4, -0.2) is 50.8 Å². The van der Waals surface area contributed by atoms with Gasteiger partial charge in [-0.25, -0.2) is 8.42 Å². The van der Waals surface area contributed by atoms with Crippen LogP contribution in [0.1, 0.15) is 18.4 Å². The molecule has 0 atom stereocenters. The minimum Gasteiger partial charge on any atom is -0.302 e. The molecule has 0 aromatic heterocycles. The fourth-order valence-corrected chi connectivity index (χ4v) is 4.19. The zero-order valence-electron chi connectivity index (χ0n) is 12.1. The first kappa shape index (κ1) is 17.0. The Morgan fingerprint density at radius 3 is 2.52 bits per heavy atom. The van der Waals surface area contributed by atoms with Gasteiger partial charge in [0.2, 0.25) is 10.0 Å². The third-order valence-electron chi connectivity index (χ3n) is 3.81. The molecule has 118 valence electrons. The Bertz CT molecular complexity index is 587. The maximum Gasteiger partial charge on any atom is 0.242 e. The minimum absolute atomic E-state index is 0.213. The SMILES string of the molecule is CN(CCN1CCCC1)S(=O)(=O)c1ccc(CCl)c(Cl)c1. The van der Waals surface area contributed by atoms with E-state index in [1.54, 1.807) is 19.2 Å². The van der Waals surface area contributed by atoms with Crippen molar-refractivity contribution >= 4 is 33.2 Å². The van der Waals surface area contributed by atoms with Gasteiger partial charge < -0.3 is 4.90 Å². The van der Waals surface area contributed by atoms with Crippen LogP contribution in [0.2, 0.25) is 5.02 Å². The maximum atomic E-state index is 12.5. The quantitative estimate of drug-likeness (QED) is 0.740. The standard InChI is InChI=1S/C14H20Cl2N2O2S/c1-17(8-9-18-6-2-3-7-18)21(19,20)13-5-4-12(11-15)14(16)10-13/h4-5,10H,2-3,6-9,11H2,1H3. The Balaban J connectivity index is 2.07. The van der Waals surface area contributed by atoms with Crippen molar-refractivity contribution in [2.45, 2.75) is 23.6 Å². The van der Waals surface area contributed by atoms with Gasteiger partial charge in [-0.15, -0.1) is 11.6 Å². The molecule has 1 saturated heterocycles. The molecule has 7 heteroatoms. The van der Waals surface area contributed by atoms with E-state index in [0.717, 1.165) is 25.2 Å². The molecule has 0 saturated carbocycles. The van der Waals surface area contributed by atoms with Gasteiger partial charge in [-0.2, -0.15) is 4.31 Å². The molecule has 1 aliphatic heterocycles. The van der Waals surface area contributed by atoms with Gasteiger partial charge in [0, 0.05) is 31.0 Å². The van der Waals surface area contributed by atoms with Gasteiger partial charge in [0.05, 0.1) is 4.90 Å². The first-order valence-corrected chi connectivity index (χ1v) is 9.33. The van der Waals surface area contributed by atoms with E-state index in [1.807, 2.05) is 0 Å². The van der Waals surface area contributed by atoms with Crippen LogP contribution in [0.15, 0.2) is 23.1 Å². The average Bonchev–Trinajstić information content (AvgIpc) is 2.97. The van der Waals surface area contributed by atoms with E-state index in [0.29, 0.717) is 11.6 Å². The van der Waals surface area contributed by atoms with Crippen LogP contribution in [-0.2, 0) is 15.9 Å². The Morgan fingerprint density at radius 1 is 1.29 bits per heavy atom. The molecule has 1 aromatic rings. The second kappa shape index (κ2) is 7.29. The molecule has 21 heavy (non-hydrogen) atoms. The van der Waals surface area contributed by atoms with Gasteiger partial charge in [-0.05, 0) is 43.6 Å². The monoisotopic (exact) mass is 350 g/mol. The van der Waals surface area contributed by atoms with Crippen molar-refractivity contribution in [1.29, 1.82) is 0 Å². The molecule has 0 N–H and O–H groups in total. The zero-order chi connectivity index (χ0) is 15.5. The normalized spacial score (nSPS) is 16.8. The van der Waals surface area contributed by atoms with E-state index in [9.17, 15) is 8.42 Å². The molecule has 4 nitrogen and oxygen atoms in total. The van der Waals surface area contributed by atoms with Crippen molar-refractivity contribution in [3.05, 3.63) is 28.8 Å². The second-order valence-electron chi connectivity index (χ2n) is 5.26. The van der Waals surface area contributed by atoms with E-state index in [4.69, 9.17) is 23.2 Å². The number of nitrogens with zero attached hydrogens (tertiary/aromatic N) is 2.